The van der Waals surface area contributed by atoms with Crippen molar-refractivity contribution in [1.82, 2.24) is 4.90 Å². The first-order chi connectivity index (χ1) is 8.66. The molecule has 2 rings (SSSR count). The number of carboxylic acids is 1. The van der Waals surface area contributed by atoms with Crippen LogP contribution in [0, 0.1) is 0 Å². The third-order valence-corrected chi connectivity index (χ3v) is 3.43. The summed E-state index contributed by atoms with van der Waals surface area (Å²) in [6, 6.07) is 0. The summed E-state index contributed by atoms with van der Waals surface area (Å²) in [4.78, 5) is 28.5. The second-order valence-corrected chi connectivity index (χ2v) is 4.69. The van der Waals surface area contributed by atoms with Gasteiger partial charge in [0.2, 0.25) is 5.91 Å². The van der Waals surface area contributed by atoms with Crippen LogP contribution in [0.15, 0.2) is 16.3 Å². The minimum Gasteiger partial charge on any atom is -0.481 e. The van der Waals surface area contributed by atoms with Crippen LogP contribution in [0.4, 0.5) is 0 Å². The Morgan fingerprint density at radius 3 is 2.83 bits per heavy atom. The van der Waals surface area contributed by atoms with Crippen LogP contribution in [-0.2, 0) is 9.59 Å². The van der Waals surface area contributed by atoms with Gasteiger partial charge in [-0.15, -0.1) is 0 Å². The molecule has 1 amide bonds. The third-order valence-electron chi connectivity index (χ3n) is 3.43. The van der Waals surface area contributed by atoms with E-state index in [9.17, 15) is 9.59 Å². The Balaban J connectivity index is 1.79. The van der Waals surface area contributed by atoms with Crippen LogP contribution in [-0.4, -0.2) is 41.2 Å². The van der Waals surface area contributed by atoms with Crippen LogP contribution in [0.5, 0.6) is 0 Å². The number of hydrogen-bond donors (Lipinski definition) is 1. The van der Waals surface area contributed by atoms with E-state index in [1.54, 1.807) is 0 Å². The van der Waals surface area contributed by atoms with Crippen molar-refractivity contribution >= 4 is 18.1 Å². The number of carbonyl (C=O) groups excluding carboxylic acids is 1. The lowest BCUT2D eigenvalue weighted by molar-refractivity contribution is -0.137. The van der Waals surface area contributed by atoms with Crippen molar-refractivity contribution in [2.24, 2.45) is 4.99 Å². The van der Waals surface area contributed by atoms with Gasteiger partial charge in [-0.3, -0.25) is 14.6 Å². The third kappa shape index (κ3) is 3.18. The zero-order valence-corrected chi connectivity index (χ0v) is 10.4. The number of amides is 1. The number of aliphatic carboxylic acids is 1. The fraction of sp³-hybridized carbons (Fsp3) is 0.615. The molecule has 2 aliphatic rings. The quantitative estimate of drug-likeness (QED) is 0.823. The summed E-state index contributed by atoms with van der Waals surface area (Å²) < 4.78 is 0. The Labute approximate surface area is 106 Å². The van der Waals surface area contributed by atoms with Crippen LogP contribution in [0.25, 0.3) is 0 Å². The standard InChI is InChI=1S/C13H18N2O3/c16-12(2-1-3-13(17)18)15-8-5-10-4-7-14-11(10)6-9-15/h7H,1-6,8-9H2,(H,17,18). The number of hydrogen-bond acceptors (Lipinski definition) is 3. The highest BCUT2D eigenvalue weighted by atomic mass is 16.4. The van der Waals surface area contributed by atoms with Gasteiger partial charge in [0.1, 0.15) is 0 Å². The van der Waals surface area contributed by atoms with Gasteiger partial charge in [0, 0.05) is 50.7 Å². The molecule has 0 radical (unpaired) electrons. The normalized spacial score (nSPS) is 18.8. The molecule has 0 saturated carbocycles. The van der Waals surface area contributed by atoms with Crippen LogP contribution in [0.1, 0.15) is 38.5 Å². The predicted molar refractivity (Wildman–Crippen MR) is 67.4 cm³/mol. The Kier molecular flexibility index (Phi) is 4.12. The number of carbonyl (C=O) groups is 2. The molecule has 18 heavy (non-hydrogen) atoms. The van der Waals surface area contributed by atoms with Crippen molar-refractivity contribution in [2.45, 2.75) is 38.5 Å². The van der Waals surface area contributed by atoms with Crippen molar-refractivity contribution in [3.63, 3.8) is 0 Å². The average molecular weight is 250 g/mol. The molecule has 0 bridgehead atoms. The summed E-state index contributed by atoms with van der Waals surface area (Å²) in [5, 5.41) is 8.54. The van der Waals surface area contributed by atoms with Crippen molar-refractivity contribution in [3.05, 3.63) is 11.3 Å². The maximum absolute atomic E-state index is 11.9. The number of rotatable bonds is 4. The van der Waals surface area contributed by atoms with Gasteiger partial charge in [0.15, 0.2) is 0 Å². The lowest BCUT2D eigenvalue weighted by Crippen LogP contribution is -2.32. The molecule has 1 N–H and O–H groups in total. The minimum atomic E-state index is -0.839. The SMILES string of the molecule is O=C(O)CCCC(=O)N1CCC2=C(CC1)N=CC2. The largest absolute Gasteiger partial charge is 0.481 e. The summed E-state index contributed by atoms with van der Waals surface area (Å²) in [6.07, 6.45) is 5.43. The van der Waals surface area contributed by atoms with Crippen molar-refractivity contribution in [1.29, 1.82) is 0 Å². The molecule has 0 saturated heterocycles. The molecule has 0 aromatic heterocycles. The van der Waals surface area contributed by atoms with Gasteiger partial charge in [-0.1, -0.05) is 0 Å². The maximum Gasteiger partial charge on any atom is 0.303 e. The highest BCUT2D eigenvalue weighted by molar-refractivity contribution is 5.77. The van der Waals surface area contributed by atoms with E-state index in [-0.39, 0.29) is 12.3 Å². The summed E-state index contributed by atoms with van der Waals surface area (Å²) in [5.74, 6) is -0.768. The maximum atomic E-state index is 11.9. The van der Waals surface area contributed by atoms with E-state index < -0.39 is 5.97 Å². The monoisotopic (exact) mass is 250 g/mol. The van der Waals surface area contributed by atoms with Gasteiger partial charge in [-0.2, -0.15) is 0 Å². The average Bonchev–Trinajstić information content (AvgIpc) is 2.67. The first kappa shape index (κ1) is 12.8. The highest BCUT2D eigenvalue weighted by Gasteiger charge is 2.21. The topological polar surface area (TPSA) is 70.0 Å². The zero-order valence-electron chi connectivity index (χ0n) is 10.4. The van der Waals surface area contributed by atoms with E-state index in [4.69, 9.17) is 5.11 Å². The van der Waals surface area contributed by atoms with Crippen molar-refractivity contribution < 1.29 is 14.7 Å². The molecular formula is C13H18N2O3. The summed E-state index contributed by atoms with van der Waals surface area (Å²) in [6.45, 7) is 1.45. The van der Waals surface area contributed by atoms with Crippen LogP contribution in [0.2, 0.25) is 0 Å². The van der Waals surface area contributed by atoms with E-state index in [2.05, 4.69) is 4.99 Å². The number of carboxylic acid groups (broad SMARTS) is 1. The first-order valence-corrected chi connectivity index (χ1v) is 6.40. The molecule has 0 atom stereocenters. The number of aliphatic imine (C=N–C) groups is 1. The van der Waals surface area contributed by atoms with Crippen molar-refractivity contribution in [3.8, 4) is 0 Å². The lowest BCUT2D eigenvalue weighted by atomic mass is 10.1. The molecule has 2 heterocycles. The smallest absolute Gasteiger partial charge is 0.303 e. The molecule has 0 spiro atoms. The Morgan fingerprint density at radius 2 is 2.06 bits per heavy atom. The van der Waals surface area contributed by atoms with Crippen LogP contribution < -0.4 is 0 Å². The van der Waals surface area contributed by atoms with Crippen molar-refractivity contribution in [2.75, 3.05) is 13.1 Å². The molecule has 5 heteroatoms. The highest BCUT2D eigenvalue weighted by Crippen LogP contribution is 2.25. The van der Waals surface area contributed by atoms with Crippen LogP contribution in [0.3, 0.4) is 0 Å². The molecule has 0 aromatic carbocycles. The Hall–Kier alpha value is -1.65. The minimum absolute atomic E-state index is 0.0681. The first-order valence-electron chi connectivity index (χ1n) is 6.40. The van der Waals surface area contributed by atoms with E-state index in [1.807, 2.05) is 11.1 Å². The summed E-state index contributed by atoms with van der Waals surface area (Å²) in [7, 11) is 0. The van der Waals surface area contributed by atoms with E-state index in [1.165, 1.54) is 5.57 Å². The fourth-order valence-electron chi connectivity index (χ4n) is 2.38. The van der Waals surface area contributed by atoms with Gasteiger partial charge in [0.05, 0.1) is 0 Å². The van der Waals surface area contributed by atoms with Gasteiger partial charge in [-0.05, 0) is 18.4 Å². The summed E-state index contributed by atoms with van der Waals surface area (Å²) in [5.41, 5.74) is 2.51. The van der Waals surface area contributed by atoms with E-state index >= 15 is 0 Å². The van der Waals surface area contributed by atoms with Gasteiger partial charge in [-0.25, -0.2) is 0 Å². The second kappa shape index (κ2) is 5.80. The molecule has 0 aromatic rings. The molecular weight excluding hydrogens is 232 g/mol. The van der Waals surface area contributed by atoms with E-state index in [0.29, 0.717) is 19.4 Å². The number of nitrogens with zero attached hydrogens (tertiary/aromatic N) is 2. The molecule has 0 unspecified atom stereocenters. The summed E-state index contributed by atoms with van der Waals surface area (Å²) >= 11 is 0. The van der Waals surface area contributed by atoms with Gasteiger partial charge >= 0.3 is 5.97 Å². The Bertz CT molecular complexity index is 412. The van der Waals surface area contributed by atoms with E-state index in [0.717, 1.165) is 31.5 Å². The lowest BCUT2D eigenvalue weighted by Gasteiger charge is -2.20. The molecule has 0 fully saturated rings. The van der Waals surface area contributed by atoms with Gasteiger partial charge < -0.3 is 10.0 Å². The molecule has 98 valence electrons. The van der Waals surface area contributed by atoms with Gasteiger partial charge in [0.25, 0.3) is 0 Å². The molecule has 5 nitrogen and oxygen atoms in total. The second-order valence-electron chi connectivity index (χ2n) is 4.69. The predicted octanol–water partition coefficient (Wildman–Crippen LogP) is 1.59. The Morgan fingerprint density at radius 1 is 1.28 bits per heavy atom. The van der Waals surface area contributed by atoms with Crippen LogP contribution >= 0.6 is 0 Å². The molecule has 0 aliphatic carbocycles. The fourth-order valence-corrected chi connectivity index (χ4v) is 2.38. The zero-order chi connectivity index (χ0) is 13.0. The molecule has 2 aliphatic heterocycles.